The summed E-state index contributed by atoms with van der Waals surface area (Å²) in [5.41, 5.74) is 8.93. The van der Waals surface area contributed by atoms with Crippen molar-refractivity contribution >= 4 is 17.5 Å². The number of rotatable bonds is 5. The molecule has 3 N–H and O–H groups in total. The van der Waals surface area contributed by atoms with E-state index in [0.717, 1.165) is 11.1 Å². The third kappa shape index (κ3) is 3.93. The zero-order valence-electron chi connectivity index (χ0n) is 14.3. The Morgan fingerprint density at radius 2 is 1.83 bits per heavy atom. The molecule has 0 heterocycles. The van der Waals surface area contributed by atoms with Gasteiger partial charge in [-0.25, -0.2) is 0 Å². The summed E-state index contributed by atoms with van der Waals surface area (Å²) in [5, 5.41) is 2.79. The maximum Gasteiger partial charge on any atom is 0.265 e. The lowest BCUT2D eigenvalue weighted by Crippen LogP contribution is -2.30. The number of benzene rings is 2. The summed E-state index contributed by atoms with van der Waals surface area (Å²) in [6, 6.07) is 10.9. The van der Waals surface area contributed by atoms with Crippen LogP contribution in [0.4, 0.5) is 5.69 Å². The fourth-order valence-electron chi connectivity index (χ4n) is 2.35. The molecule has 0 fully saturated rings. The van der Waals surface area contributed by atoms with Gasteiger partial charge in [-0.15, -0.1) is 0 Å². The molecular weight excluding hydrogens is 304 g/mol. The zero-order valence-corrected chi connectivity index (χ0v) is 14.3. The molecule has 2 amide bonds. The van der Waals surface area contributed by atoms with E-state index in [9.17, 15) is 9.59 Å². The van der Waals surface area contributed by atoms with E-state index in [1.54, 1.807) is 32.0 Å². The third-order valence-electron chi connectivity index (χ3n) is 3.87. The van der Waals surface area contributed by atoms with Crippen molar-refractivity contribution in [2.45, 2.75) is 33.8 Å². The van der Waals surface area contributed by atoms with Crippen molar-refractivity contribution in [3.05, 3.63) is 58.7 Å². The number of carbonyl (C=O) groups excluding carboxylic acids is 2. The minimum absolute atomic E-state index is 0.291. The summed E-state index contributed by atoms with van der Waals surface area (Å²) in [7, 11) is 0. The van der Waals surface area contributed by atoms with E-state index in [0.29, 0.717) is 22.6 Å². The van der Waals surface area contributed by atoms with Crippen LogP contribution < -0.4 is 15.8 Å². The van der Waals surface area contributed by atoms with E-state index in [-0.39, 0.29) is 5.91 Å². The molecule has 2 rings (SSSR count). The molecule has 0 aliphatic carbocycles. The Morgan fingerprint density at radius 3 is 2.50 bits per heavy atom. The largest absolute Gasteiger partial charge is 0.481 e. The number of carbonyl (C=O) groups is 2. The molecule has 0 aliphatic rings. The van der Waals surface area contributed by atoms with Crippen LogP contribution in [0, 0.1) is 20.8 Å². The average Bonchev–Trinajstić information content (AvgIpc) is 2.52. The Labute approximate surface area is 141 Å². The van der Waals surface area contributed by atoms with Gasteiger partial charge in [0.25, 0.3) is 5.91 Å². The molecule has 0 saturated heterocycles. The highest BCUT2D eigenvalue weighted by molar-refractivity contribution is 5.99. The van der Waals surface area contributed by atoms with Gasteiger partial charge < -0.3 is 15.8 Å². The molecule has 5 nitrogen and oxygen atoms in total. The Hall–Kier alpha value is -2.82. The second-order valence-electron chi connectivity index (χ2n) is 5.86. The number of nitrogens with two attached hydrogens (primary N) is 1. The highest BCUT2D eigenvalue weighted by Gasteiger charge is 2.18. The van der Waals surface area contributed by atoms with Gasteiger partial charge in [0.1, 0.15) is 5.75 Å². The van der Waals surface area contributed by atoms with Crippen LogP contribution in [0.5, 0.6) is 5.75 Å². The summed E-state index contributed by atoms with van der Waals surface area (Å²) >= 11 is 0. The second kappa shape index (κ2) is 7.17. The molecule has 1 atom stereocenters. The van der Waals surface area contributed by atoms with Gasteiger partial charge >= 0.3 is 0 Å². The highest BCUT2D eigenvalue weighted by Crippen LogP contribution is 2.22. The first kappa shape index (κ1) is 17.5. The van der Waals surface area contributed by atoms with Crippen LogP contribution in [0.1, 0.15) is 34.0 Å². The second-order valence-corrected chi connectivity index (χ2v) is 5.86. The lowest BCUT2D eigenvalue weighted by molar-refractivity contribution is -0.122. The molecule has 0 aliphatic heterocycles. The maximum atomic E-state index is 12.4. The van der Waals surface area contributed by atoms with Gasteiger partial charge in [-0.05, 0) is 62.6 Å². The zero-order chi connectivity index (χ0) is 17.9. The summed E-state index contributed by atoms with van der Waals surface area (Å²) in [5.74, 6) is -0.135. The number of aryl methyl sites for hydroxylation is 2. The van der Waals surface area contributed by atoms with E-state index in [2.05, 4.69) is 5.32 Å². The Morgan fingerprint density at radius 1 is 1.12 bits per heavy atom. The third-order valence-corrected chi connectivity index (χ3v) is 3.87. The van der Waals surface area contributed by atoms with E-state index >= 15 is 0 Å². The standard InChI is InChI=1S/C19H22N2O3/c1-11-8-9-12(2)17(10-11)24-14(4)19(23)21-16-7-5-6-15(13(16)3)18(20)22/h5-10,14H,1-4H3,(H2,20,22)(H,21,23)/t14-/m0/s1. The van der Waals surface area contributed by atoms with Crippen LogP contribution in [0.2, 0.25) is 0 Å². The fraction of sp³-hybridized carbons (Fsp3) is 0.263. The number of primary amides is 1. The molecule has 0 unspecified atom stereocenters. The minimum atomic E-state index is -0.679. The molecule has 2 aromatic rings. The maximum absolute atomic E-state index is 12.4. The molecule has 0 bridgehead atoms. The lowest BCUT2D eigenvalue weighted by Gasteiger charge is -2.18. The van der Waals surface area contributed by atoms with E-state index < -0.39 is 12.0 Å². The first-order valence-corrected chi connectivity index (χ1v) is 7.73. The number of hydrogen-bond donors (Lipinski definition) is 2. The molecule has 0 saturated carbocycles. The van der Waals surface area contributed by atoms with E-state index in [1.807, 2.05) is 32.0 Å². The summed E-state index contributed by atoms with van der Waals surface area (Å²) in [6.07, 6.45) is -0.679. The van der Waals surface area contributed by atoms with Crippen molar-refractivity contribution in [3.8, 4) is 5.75 Å². The van der Waals surface area contributed by atoms with Crippen molar-refractivity contribution in [2.24, 2.45) is 5.73 Å². The van der Waals surface area contributed by atoms with Crippen molar-refractivity contribution < 1.29 is 14.3 Å². The predicted octanol–water partition coefficient (Wildman–Crippen LogP) is 3.12. The predicted molar refractivity (Wildman–Crippen MR) is 94.3 cm³/mol. The summed E-state index contributed by atoms with van der Waals surface area (Å²) < 4.78 is 5.77. The first-order valence-electron chi connectivity index (χ1n) is 7.73. The monoisotopic (exact) mass is 326 g/mol. The SMILES string of the molecule is Cc1ccc(C)c(O[C@@H](C)C(=O)Nc2cccc(C(N)=O)c2C)c1. The lowest BCUT2D eigenvalue weighted by atomic mass is 10.1. The average molecular weight is 326 g/mol. The number of ether oxygens (including phenoxy) is 1. The van der Waals surface area contributed by atoms with Crippen molar-refractivity contribution in [2.75, 3.05) is 5.32 Å². The Balaban J connectivity index is 2.14. The number of hydrogen-bond acceptors (Lipinski definition) is 3. The van der Waals surface area contributed by atoms with Crippen LogP contribution in [-0.4, -0.2) is 17.9 Å². The van der Waals surface area contributed by atoms with Crippen LogP contribution in [0.25, 0.3) is 0 Å². The molecule has 2 aromatic carbocycles. The van der Waals surface area contributed by atoms with Crippen LogP contribution in [0.15, 0.2) is 36.4 Å². The Bertz CT molecular complexity index is 784. The van der Waals surface area contributed by atoms with Crippen LogP contribution in [-0.2, 0) is 4.79 Å². The molecular formula is C19H22N2O3. The van der Waals surface area contributed by atoms with Crippen molar-refractivity contribution in [1.29, 1.82) is 0 Å². The molecule has 0 aromatic heterocycles. The van der Waals surface area contributed by atoms with Crippen molar-refractivity contribution in [1.82, 2.24) is 0 Å². The molecule has 5 heteroatoms. The fourth-order valence-corrected chi connectivity index (χ4v) is 2.35. The van der Waals surface area contributed by atoms with Gasteiger partial charge in [0.2, 0.25) is 5.91 Å². The number of anilines is 1. The van der Waals surface area contributed by atoms with Gasteiger partial charge in [0, 0.05) is 11.3 Å². The normalized spacial score (nSPS) is 11.7. The highest BCUT2D eigenvalue weighted by atomic mass is 16.5. The minimum Gasteiger partial charge on any atom is -0.481 e. The van der Waals surface area contributed by atoms with Gasteiger partial charge in [0.05, 0.1) is 0 Å². The van der Waals surface area contributed by atoms with Gasteiger partial charge in [0.15, 0.2) is 6.10 Å². The molecule has 0 radical (unpaired) electrons. The molecule has 126 valence electrons. The summed E-state index contributed by atoms with van der Waals surface area (Å²) in [4.78, 5) is 23.8. The topological polar surface area (TPSA) is 81.4 Å². The van der Waals surface area contributed by atoms with Crippen LogP contribution >= 0.6 is 0 Å². The van der Waals surface area contributed by atoms with Gasteiger partial charge in [-0.2, -0.15) is 0 Å². The Kier molecular flexibility index (Phi) is 5.24. The molecule has 0 spiro atoms. The van der Waals surface area contributed by atoms with Gasteiger partial charge in [-0.1, -0.05) is 18.2 Å². The van der Waals surface area contributed by atoms with E-state index in [4.69, 9.17) is 10.5 Å². The number of nitrogens with one attached hydrogen (secondary N) is 1. The summed E-state index contributed by atoms with van der Waals surface area (Å²) in [6.45, 7) is 7.33. The van der Waals surface area contributed by atoms with Crippen molar-refractivity contribution in [3.63, 3.8) is 0 Å². The quantitative estimate of drug-likeness (QED) is 0.886. The first-order chi connectivity index (χ1) is 11.3. The van der Waals surface area contributed by atoms with Gasteiger partial charge in [-0.3, -0.25) is 9.59 Å². The van der Waals surface area contributed by atoms with E-state index in [1.165, 1.54) is 0 Å². The van der Waals surface area contributed by atoms with Crippen LogP contribution in [0.3, 0.4) is 0 Å². The smallest absolute Gasteiger partial charge is 0.265 e. The number of amides is 2. The molecule has 24 heavy (non-hydrogen) atoms.